The molecule has 1 saturated carbocycles. The van der Waals surface area contributed by atoms with Crippen molar-refractivity contribution < 1.29 is 4.21 Å². The summed E-state index contributed by atoms with van der Waals surface area (Å²) in [6.45, 7) is 4.30. The van der Waals surface area contributed by atoms with Crippen LogP contribution in [0.1, 0.15) is 52.4 Å². The normalized spacial score (nSPS) is 31.1. The first-order valence-electron chi connectivity index (χ1n) is 6.22. The summed E-state index contributed by atoms with van der Waals surface area (Å²) in [6.07, 6.45) is 6.97. The molecule has 3 heteroatoms. The Kier molecular flexibility index (Phi) is 5.83. The predicted molar refractivity (Wildman–Crippen MR) is 67.3 cm³/mol. The van der Waals surface area contributed by atoms with Crippen LogP contribution in [0.15, 0.2) is 0 Å². The molecule has 0 heterocycles. The summed E-state index contributed by atoms with van der Waals surface area (Å²) >= 11 is 0. The Hall–Kier alpha value is 0.110. The van der Waals surface area contributed by atoms with Crippen LogP contribution in [0.3, 0.4) is 0 Å². The Morgan fingerprint density at radius 2 is 2.20 bits per heavy atom. The summed E-state index contributed by atoms with van der Waals surface area (Å²) in [6, 6.07) is 0.257. The van der Waals surface area contributed by atoms with E-state index < -0.39 is 10.8 Å². The Bertz CT molecular complexity index is 206. The molecule has 0 radical (unpaired) electrons. The van der Waals surface area contributed by atoms with Crippen molar-refractivity contribution in [1.29, 1.82) is 0 Å². The summed E-state index contributed by atoms with van der Waals surface area (Å²) < 4.78 is 12.0. The lowest BCUT2D eigenvalue weighted by Crippen LogP contribution is -2.25. The molecule has 1 rings (SSSR count). The second kappa shape index (κ2) is 6.64. The van der Waals surface area contributed by atoms with Gasteiger partial charge in [0.2, 0.25) is 0 Å². The number of hydrogen-bond donors (Lipinski definition) is 1. The van der Waals surface area contributed by atoms with Crippen molar-refractivity contribution >= 4 is 10.8 Å². The molecule has 90 valence electrons. The van der Waals surface area contributed by atoms with Crippen molar-refractivity contribution in [2.24, 2.45) is 11.7 Å². The molecule has 2 N–H and O–H groups in total. The van der Waals surface area contributed by atoms with Gasteiger partial charge in [-0.25, -0.2) is 0 Å². The largest absolute Gasteiger partial charge is 0.328 e. The molecule has 0 spiro atoms. The van der Waals surface area contributed by atoms with E-state index in [1.165, 1.54) is 25.7 Å². The third-order valence-electron chi connectivity index (χ3n) is 3.27. The summed E-state index contributed by atoms with van der Waals surface area (Å²) in [5.41, 5.74) is 5.68. The van der Waals surface area contributed by atoms with Crippen LogP contribution < -0.4 is 5.73 Å². The van der Waals surface area contributed by atoms with E-state index >= 15 is 0 Å². The smallest absolute Gasteiger partial charge is 0.0350 e. The summed E-state index contributed by atoms with van der Waals surface area (Å²) in [7, 11) is -0.599. The van der Waals surface area contributed by atoms with E-state index in [0.29, 0.717) is 5.25 Å². The fraction of sp³-hybridized carbons (Fsp3) is 1.00. The average Bonchev–Trinajstić information content (AvgIpc) is 2.17. The van der Waals surface area contributed by atoms with Crippen molar-refractivity contribution in [3.8, 4) is 0 Å². The van der Waals surface area contributed by atoms with Crippen molar-refractivity contribution in [2.45, 2.75) is 63.7 Å². The molecule has 0 aromatic rings. The van der Waals surface area contributed by atoms with Gasteiger partial charge in [-0.3, -0.25) is 4.21 Å². The maximum Gasteiger partial charge on any atom is 0.0350 e. The second-order valence-corrected chi connectivity index (χ2v) is 6.93. The second-order valence-electron chi connectivity index (χ2n) is 5.10. The monoisotopic (exact) mass is 231 g/mol. The minimum absolute atomic E-state index is 0.257. The summed E-state index contributed by atoms with van der Waals surface area (Å²) in [5, 5.41) is 0.474. The van der Waals surface area contributed by atoms with Crippen molar-refractivity contribution in [3.05, 3.63) is 0 Å². The molecule has 0 bridgehead atoms. The molecular formula is C12H25NOS. The first kappa shape index (κ1) is 13.2. The fourth-order valence-corrected chi connectivity index (χ4v) is 4.09. The van der Waals surface area contributed by atoms with Crippen LogP contribution in [0.4, 0.5) is 0 Å². The van der Waals surface area contributed by atoms with E-state index in [9.17, 15) is 4.21 Å². The molecule has 1 fully saturated rings. The maximum atomic E-state index is 12.0. The molecule has 0 amide bonds. The van der Waals surface area contributed by atoms with Crippen LogP contribution >= 0.6 is 0 Å². The molecule has 15 heavy (non-hydrogen) atoms. The molecule has 0 aromatic heterocycles. The molecule has 1 aliphatic rings. The number of rotatable bonds is 5. The third kappa shape index (κ3) is 5.12. The molecule has 0 aromatic carbocycles. The van der Waals surface area contributed by atoms with Crippen molar-refractivity contribution in [1.82, 2.24) is 0 Å². The Morgan fingerprint density at radius 3 is 2.80 bits per heavy atom. The lowest BCUT2D eigenvalue weighted by molar-refractivity contribution is 0.389. The summed E-state index contributed by atoms with van der Waals surface area (Å²) in [5.74, 6) is 1.64. The highest BCUT2D eigenvalue weighted by atomic mass is 32.2. The predicted octanol–water partition coefficient (Wildman–Crippen LogP) is 2.44. The molecule has 4 unspecified atom stereocenters. The first-order chi connectivity index (χ1) is 7.09. The standard InChI is InChI=1S/C12H25NOS/c1-10-5-3-7-12(9-10)15(14)8-4-6-11(2)13/h10-12H,3-9,13H2,1-2H3. The van der Waals surface area contributed by atoms with Crippen LogP contribution in [-0.4, -0.2) is 21.3 Å². The van der Waals surface area contributed by atoms with E-state index in [-0.39, 0.29) is 6.04 Å². The summed E-state index contributed by atoms with van der Waals surface area (Å²) in [4.78, 5) is 0. The molecule has 1 aliphatic carbocycles. The SMILES string of the molecule is CC(N)CCCS(=O)C1CCCC(C)C1. The quantitative estimate of drug-likeness (QED) is 0.790. The Morgan fingerprint density at radius 1 is 1.47 bits per heavy atom. The fourth-order valence-electron chi connectivity index (χ4n) is 2.33. The zero-order valence-electron chi connectivity index (χ0n) is 10.1. The van der Waals surface area contributed by atoms with Crippen LogP contribution in [0, 0.1) is 5.92 Å². The van der Waals surface area contributed by atoms with E-state index in [4.69, 9.17) is 5.73 Å². The highest BCUT2D eigenvalue weighted by Crippen LogP contribution is 2.27. The van der Waals surface area contributed by atoms with E-state index in [0.717, 1.165) is 24.5 Å². The minimum atomic E-state index is -0.599. The van der Waals surface area contributed by atoms with E-state index in [2.05, 4.69) is 6.92 Å². The zero-order chi connectivity index (χ0) is 11.3. The number of nitrogens with two attached hydrogens (primary N) is 1. The van der Waals surface area contributed by atoms with Crippen molar-refractivity contribution in [2.75, 3.05) is 5.75 Å². The first-order valence-corrected chi connectivity index (χ1v) is 7.60. The Labute approximate surface area is 96.5 Å². The molecule has 2 nitrogen and oxygen atoms in total. The van der Waals surface area contributed by atoms with E-state index in [1.807, 2.05) is 6.92 Å². The maximum absolute atomic E-state index is 12.0. The van der Waals surface area contributed by atoms with Gasteiger partial charge in [-0.2, -0.15) is 0 Å². The van der Waals surface area contributed by atoms with Crippen molar-refractivity contribution in [3.63, 3.8) is 0 Å². The van der Waals surface area contributed by atoms with Gasteiger partial charge in [-0.1, -0.05) is 19.8 Å². The third-order valence-corrected chi connectivity index (χ3v) is 5.13. The lowest BCUT2D eigenvalue weighted by atomic mass is 9.91. The lowest BCUT2D eigenvalue weighted by Gasteiger charge is -2.26. The van der Waals surface area contributed by atoms with Crippen LogP contribution in [0.2, 0.25) is 0 Å². The topological polar surface area (TPSA) is 43.1 Å². The molecule has 0 aliphatic heterocycles. The molecular weight excluding hydrogens is 206 g/mol. The molecule has 0 saturated heterocycles. The van der Waals surface area contributed by atoms with Gasteiger partial charge >= 0.3 is 0 Å². The molecule has 4 atom stereocenters. The van der Waals surface area contributed by atoms with Gasteiger partial charge in [0.05, 0.1) is 0 Å². The number of hydrogen-bond acceptors (Lipinski definition) is 2. The van der Waals surface area contributed by atoms with Gasteiger partial charge in [0.1, 0.15) is 0 Å². The van der Waals surface area contributed by atoms with Crippen LogP contribution in [-0.2, 0) is 10.8 Å². The highest BCUT2D eigenvalue weighted by Gasteiger charge is 2.23. The van der Waals surface area contributed by atoms with Gasteiger partial charge in [-0.05, 0) is 38.5 Å². The van der Waals surface area contributed by atoms with Crippen LogP contribution in [0.5, 0.6) is 0 Å². The van der Waals surface area contributed by atoms with Crippen LogP contribution in [0.25, 0.3) is 0 Å². The van der Waals surface area contributed by atoms with Gasteiger partial charge < -0.3 is 5.73 Å². The average molecular weight is 231 g/mol. The Balaban J connectivity index is 2.21. The van der Waals surface area contributed by atoms with Gasteiger partial charge in [0.25, 0.3) is 0 Å². The highest BCUT2D eigenvalue weighted by molar-refractivity contribution is 7.85. The minimum Gasteiger partial charge on any atom is -0.328 e. The van der Waals surface area contributed by atoms with Gasteiger partial charge in [-0.15, -0.1) is 0 Å². The van der Waals surface area contributed by atoms with Gasteiger partial charge in [0.15, 0.2) is 0 Å². The van der Waals surface area contributed by atoms with Gasteiger partial charge in [0, 0.05) is 27.8 Å². The van der Waals surface area contributed by atoms with E-state index in [1.54, 1.807) is 0 Å². The zero-order valence-corrected chi connectivity index (χ0v) is 10.9.